The summed E-state index contributed by atoms with van der Waals surface area (Å²) in [5, 5.41) is 18.0. The molecule has 17 nitrogen and oxygen atoms in total. The Morgan fingerprint density at radius 2 is 1.13 bits per heavy atom. The minimum Gasteiger partial charge on any atom is -0.347 e. The Morgan fingerprint density at radius 1 is 0.649 bits per heavy atom. The number of carbonyl (C=O) groups excluding carboxylic acids is 4. The summed E-state index contributed by atoms with van der Waals surface area (Å²) in [6, 6.07) is 34.0. The number of amides is 4. The first-order chi connectivity index (χ1) is 36.6. The van der Waals surface area contributed by atoms with Gasteiger partial charge in [-0.15, -0.1) is 0 Å². The Morgan fingerprint density at radius 3 is 1.64 bits per heavy atom. The van der Waals surface area contributed by atoms with Crippen LogP contribution in [0.25, 0.3) is 21.8 Å². The van der Waals surface area contributed by atoms with E-state index in [9.17, 15) is 46.3 Å². The molecule has 22 heteroatoms. The van der Waals surface area contributed by atoms with Crippen LogP contribution < -0.4 is 37.7 Å². The van der Waals surface area contributed by atoms with Gasteiger partial charge in [-0.05, 0) is 100 Å². The second kappa shape index (κ2) is 24.3. The van der Waals surface area contributed by atoms with E-state index in [2.05, 4.69) is 72.7 Å². The summed E-state index contributed by atoms with van der Waals surface area (Å²) < 4.78 is 61.0. The molecule has 10 rings (SSSR count). The largest absolute Gasteiger partial charge is 0.347 e. The first-order valence-electron chi connectivity index (χ1n) is 24.2. The molecular weight excluding hydrogens is 1110 g/mol. The number of aromatic nitrogens is 6. The number of aryl methyl sites for hydroxylation is 2. The minimum atomic E-state index is -3.56. The molecule has 5 N–H and O–H groups in total. The SMILES string of the molecule is CC(F)(F)C(=O)N[C@H]1CC(=O)NC1c1ccccc1.CN.Cn1ccc(Cn2ncc3cc(I)ccc32)cc1=O.Cn1ccc(Cn2ncc3cc(N4C(=O)C[C@H](NC(=O)C(C)(F)F)C4c4ccccc4)ccc32)cc1=O. The fraction of sp³-hybridized carbons (Fsp3) is 0.273. The smallest absolute Gasteiger partial charge is 0.321 e. The average molecular weight is 1170 g/mol. The van der Waals surface area contributed by atoms with Crippen LogP contribution in [-0.4, -0.2) is 83.3 Å². The fourth-order valence-corrected chi connectivity index (χ4v) is 9.32. The number of hydrogen-bond donors (Lipinski definition) is 4. The monoisotopic (exact) mass is 1170 g/mol. The maximum atomic E-state index is 13.7. The van der Waals surface area contributed by atoms with Crippen molar-refractivity contribution in [3.8, 4) is 0 Å². The molecule has 2 fully saturated rings. The molecule has 4 aromatic heterocycles. The number of halogens is 5. The molecule has 2 saturated heterocycles. The summed E-state index contributed by atoms with van der Waals surface area (Å²) in [6.45, 7) is 2.07. The number of nitrogens with zero attached hydrogens (tertiary/aromatic N) is 7. The second-order valence-corrected chi connectivity index (χ2v) is 19.7. The summed E-state index contributed by atoms with van der Waals surface area (Å²) in [5.74, 6) is -10.3. The lowest BCUT2D eigenvalue weighted by molar-refractivity contribution is -0.144. The topological polar surface area (TPSA) is 213 Å². The molecule has 2 aliphatic heterocycles. The zero-order chi connectivity index (χ0) is 55.8. The molecular formula is C55H56F4IN11O6. The summed E-state index contributed by atoms with van der Waals surface area (Å²) >= 11 is 2.29. The normalized spacial score (nSPS) is 17.1. The molecule has 77 heavy (non-hydrogen) atoms. The van der Waals surface area contributed by atoms with Crippen molar-refractivity contribution < 1.29 is 36.7 Å². The average Bonchev–Trinajstić information content (AvgIpc) is 4.18. The Labute approximate surface area is 453 Å². The van der Waals surface area contributed by atoms with E-state index in [0.29, 0.717) is 32.6 Å². The quantitative estimate of drug-likeness (QED) is 0.0796. The van der Waals surface area contributed by atoms with E-state index in [4.69, 9.17) is 0 Å². The molecule has 4 amide bonds. The van der Waals surface area contributed by atoms with Gasteiger partial charge in [0.05, 0.1) is 60.7 Å². The minimum absolute atomic E-state index is 0.00137. The number of fused-ring (bicyclic) bond motifs is 2. The number of carbonyl (C=O) groups is 4. The molecule has 8 aromatic rings. The Kier molecular flexibility index (Phi) is 17.9. The van der Waals surface area contributed by atoms with Crippen LogP contribution in [0.1, 0.15) is 61.0 Å². The zero-order valence-corrected chi connectivity index (χ0v) is 44.7. The van der Waals surface area contributed by atoms with Crippen molar-refractivity contribution in [2.24, 2.45) is 19.8 Å². The van der Waals surface area contributed by atoms with Gasteiger partial charge < -0.3 is 35.7 Å². The number of hydrogen-bond acceptors (Lipinski definition) is 9. The summed E-state index contributed by atoms with van der Waals surface area (Å²) in [4.78, 5) is 73.1. The number of pyridine rings is 2. The first-order valence-corrected chi connectivity index (χ1v) is 25.2. The van der Waals surface area contributed by atoms with Crippen molar-refractivity contribution in [3.05, 3.63) is 193 Å². The molecule has 0 spiro atoms. The summed E-state index contributed by atoms with van der Waals surface area (Å²) in [7, 11) is 4.93. The van der Waals surface area contributed by atoms with Gasteiger partial charge in [0.25, 0.3) is 22.9 Å². The van der Waals surface area contributed by atoms with Crippen molar-refractivity contribution in [2.75, 3.05) is 11.9 Å². The van der Waals surface area contributed by atoms with Gasteiger partial charge in [0.2, 0.25) is 11.8 Å². The number of anilines is 1. The van der Waals surface area contributed by atoms with Crippen LogP contribution in [-0.2, 0) is 46.4 Å². The van der Waals surface area contributed by atoms with Crippen molar-refractivity contribution in [1.29, 1.82) is 0 Å². The first kappa shape index (κ1) is 56.7. The highest BCUT2D eigenvalue weighted by molar-refractivity contribution is 14.1. The van der Waals surface area contributed by atoms with Crippen molar-refractivity contribution >= 4 is 73.7 Å². The van der Waals surface area contributed by atoms with E-state index < -0.39 is 47.8 Å². The van der Waals surface area contributed by atoms with Crippen molar-refractivity contribution in [2.45, 2.75) is 75.8 Å². The van der Waals surface area contributed by atoms with Crippen LogP contribution in [0.15, 0.2) is 156 Å². The van der Waals surface area contributed by atoms with Crippen LogP contribution in [0.3, 0.4) is 0 Å². The predicted octanol–water partition coefficient (Wildman–Crippen LogP) is 6.75. The van der Waals surface area contributed by atoms with Gasteiger partial charge in [-0.25, -0.2) is 0 Å². The predicted molar refractivity (Wildman–Crippen MR) is 292 cm³/mol. The van der Waals surface area contributed by atoms with Crippen molar-refractivity contribution in [3.63, 3.8) is 0 Å². The Hall–Kier alpha value is -7.99. The molecule has 0 bridgehead atoms. The van der Waals surface area contributed by atoms with Crippen LogP contribution in [0, 0.1) is 3.57 Å². The number of benzene rings is 4. The number of nitrogens with one attached hydrogen (secondary N) is 3. The van der Waals surface area contributed by atoms with Gasteiger partial charge in [0, 0.05) is 85.3 Å². The van der Waals surface area contributed by atoms with Gasteiger partial charge in [-0.2, -0.15) is 27.8 Å². The summed E-state index contributed by atoms with van der Waals surface area (Å²) in [5.41, 5.74) is 10.1. The molecule has 2 unspecified atom stereocenters. The summed E-state index contributed by atoms with van der Waals surface area (Å²) in [6.07, 6.45) is 6.91. The van der Waals surface area contributed by atoms with Gasteiger partial charge in [0.1, 0.15) is 0 Å². The molecule has 6 heterocycles. The molecule has 4 aromatic carbocycles. The van der Waals surface area contributed by atoms with Crippen LogP contribution in [0.5, 0.6) is 0 Å². The molecule has 0 saturated carbocycles. The van der Waals surface area contributed by atoms with E-state index in [1.807, 2.05) is 47.3 Å². The lowest BCUT2D eigenvalue weighted by atomic mass is 9.99. The van der Waals surface area contributed by atoms with E-state index in [1.165, 1.54) is 15.2 Å². The number of nitrogens with two attached hydrogens (primary N) is 1. The number of rotatable bonds is 11. The third-order valence-electron chi connectivity index (χ3n) is 12.7. The maximum Gasteiger partial charge on any atom is 0.321 e. The van der Waals surface area contributed by atoms with E-state index in [1.54, 1.807) is 114 Å². The highest BCUT2D eigenvalue weighted by Gasteiger charge is 2.45. The van der Waals surface area contributed by atoms with Crippen LogP contribution >= 0.6 is 22.6 Å². The fourth-order valence-electron chi connectivity index (χ4n) is 8.81. The van der Waals surface area contributed by atoms with Crippen LogP contribution in [0.4, 0.5) is 23.2 Å². The van der Waals surface area contributed by atoms with E-state index >= 15 is 0 Å². The highest BCUT2D eigenvalue weighted by atomic mass is 127. The van der Waals surface area contributed by atoms with Gasteiger partial charge in [-0.3, -0.25) is 38.1 Å². The van der Waals surface area contributed by atoms with Gasteiger partial charge >= 0.3 is 11.8 Å². The molecule has 402 valence electrons. The second-order valence-electron chi connectivity index (χ2n) is 18.4. The van der Waals surface area contributed by atoms with Crippen molar-refractivity contribution in [1.82, 2.24) is 44.6 Å². The van der Waals surface area contributed by atoms with Gasteiger partial charge in [-0.1, -0.05) is 60.7 Å². The molecule has 4 atom stereocenters. The Balaban J connectivity index is 0.000000181. The third-order valence-corrected chi connectivity index (χ3v) is 13.4. The molecule has 0 radical (unpaired) electrons. The maximum absolute atomic E-state index is 13.7. The molecule has 0 aliphatic carbocycles. The highest BCUT2D eigenvalue weighted by Crippen LogP contribution is 2.39. The van der Waals surface area contributed by atoms with E-state index in [0.717, 1.165) is 44.1 Å². The lowest BCUT2D eigenvalue weighted by Crippen LogP contribution is -2.46. The van der Waals surface area contributed by atoms with E-state index in [-0.39, 0.29) is 35.8 Å². The lowest BCUT2D eigenvalue weighted by Gasteiger charge is -2.29. The standard InChI is InChI=1S/C27H25F2N5O3.C14H12IN3O.C13H14F2N2O2.CH5N/c1-27(28,29)26(37)31-21-14-24(36)34(25(21)18-6-4-3-5-7-18)20-8-9-22-19(13-20)15-30-33(22)16-17-10-11-32(2)23(35)12-17;1-17-5-4-10(6-14(17)19)9-18-13-3-2-12(15)7-11(13)8-16-18;1-13(14,15)12(19)16-9-7-10(18)17-11(9)8-5-3-2-4-6-8;1-2/h3-13,15,21,25H,14,16H2,1-2H3,(H,31,37);2-8H,9H2,1H3;2-6,9,11H,7H2,1H3,(H,16,19)(H,17,18);2H2,1H3/t21-,25?;;9-,11?;/m0.0./s1. The van der Waals surface area contributed by atoms with Gasteiger partial charge in [0.15, 0.2) is 0 Å². The van der Waals surface area contributed by atoms with Crippen LogP contribution in [0.2, 0.25) is 0 Å². The third kappa shape index (κ3) is 13.9. The zero-order valence-electron chi connectivity index (χ0n) is 42.5. The Bertz CT molecular complexity index is 3520. The molecule has 2 aliphatic rings. The number of alkyl halides is 4.